The van der Waals surface area contributed by atoms with Gasteiger partial charge in [-0.15, -0.1) is 0 Å². The molecule has 9 nitrogen and oxygen atoms in total. The van der Waals surface area contributed by atoms with Crippen molar-refractivity contribution in [2.75, 3.05) is 11.9 Å². The number of nitrogens with zero attached hydrogens (tertiary/aromatic N) is 1. The highest BCUT2D eigenvalue weighted by molar-refractivity contribution is 6.11. The summed E-state index contributed by atoms with van der Waals surface area (Å²) in [6.45, 7) is -0.0429. The standard InChI is InChI=1S/C17H19N5O4/c18-13(19)5-6-14(23)22-16-10-3-1-2-4-12(10)21-9-11(16)17(26)20-8-7-15(24)25/h1-4,9H,5-8H2,(H3,18,19)(H,20,26)(H,24,25)(H,21,22,23). The van der Waals surface area contributed by atoms with Gasteiger partial charge in [0.25, 0.3) is 5.91 Å². The Labute approximate surface area is 149 Å². The second kappa shape index (κ2) is 8.56. The van der Waals surface area contributed by atoms with E-state index in [9.17, 15) is 14.4 Å². The Hall–Kier alpha value is -3.49. The first-order chi connectivity index (χ1) is 12.4. The Balaban J connectivity index is 2.30. The van der Waals surface area contributed by atoms with E-state index in [2.05, 4.69) is 15.6 Å². The highest BCUT2D eigenvalue weighted by atomic mass is 16.4. The zero-order valence-corrected chi connectivity index (χ0v) is 13.9. The van der Waals surface area contributed by atoms with Crippen LogP contribution < -0.4 is 16.4 Å². The molecule has 0 unspecified atom stereocenters. The molecule has 0 saturated carbocycles. The van der Waals surface area contributed by atoms with Crippen molar-refractivity contribution in [2.45, 2.75) is 19.3 Å². The number of amides is 2. The number of nitrogens with two attached hydrogens (primary N) is 1. The van der Waals surface area contributed by atoms with Gasteiger partial charge in [0.05, 0.1) is 29.0 Å². The number of aliphatic carboxylic acids is 1. The van der Waals surface area contributed by atoms with Crippen molar-refractivity contribution in [3.05, 3.63) is 36.0 Å². The SMILES string of the molecule is N=C(N)CCC(=O)Nc1c(C(=O)NCCC(=O)O)cnc2ccccc12. The molecule has 0 aliphatic heterocycles. The van der Waals surface area contributed by atoms with Gasteiger partial charge >= 0.3 is 5.97 Å². The molecule has 0 radical (unpaired) electrons. The molecular formula is C17H19N5O4. The van der Waals surface area contributed by atoms with Crippen LogP contribution in [-0.2, 0) is 9.59 Å². The van der Waals surface area contributed by atoms with Crippen LogP contribution in [0.5, 0.6) is 0 Å². The van der Waals surface area contributed by atoms with Crippen LogP contribution in [0.3, 0.4) is 0 Å². The quantitative estimate of drug-likeness (QED) is 0.351. The second-order valence-corrected chi connectivity index (χ2v) is 5.54. The minimum absolute atomic E-state index is 0.00601. The predicted molar refractivity (Wildman–Crippen MR) is 96.1 cm³/mol. The van der Waals surface area contributed by atoms with Gasteiger partial charge in [0, 0.05) is 31.0 Å². The van der Waals surface area contributed by atoms with Crippen molar-refractivity contribution in [2.24, 2.45) is 5.73 Å². The molecule has 2 aromatic rings. The number of carbonyl (C=O) groups is 3. The summed E-state index contributed by atoms with van der Waals surface area (Å²) in [6, 6.07) is 6.99. The number of amidine groups is 1. The summed E-state index contributed by atoms with van der Waals surface area (Å²) in [5, 5.41) is 21.6. The smallest absolute Gasteiger partial charge is 0.305 e. The molecule has 136 valence electrons. The topological polar surface area (TPSA) is 158 Å². The van der Waals surface area contributed by atoms with Gasteiger partial charge in [-0.25, -0.2) is 0 Å². The fraction of sp³-hybridized carbons (Fsp3) is 0.235. The molecule has 0 saturated heterocycles. The molecule has 0 aliphatic carbocycles. The summed E-state index contributed by atoms with van der Waals surface area (Å²) < 4.78 is 0. The summed E-state index contributed by atoms with van der Waals surface area (Å²) in [6.07, 6.45) is 1.23. The van der Waals surface area contributed by atoms with Crippen molar-refractivity contribution >= 4 is 40.2 Å². The molecule has 0 bridgehead atoms. The molecule has 0 spiro atoms. The van der Waals surface area contributed by atoms with E-state index in [1.807, 2.05) is 0 Å². The number of benzene rings is 1. The highest BCUT2D eigenvalue weighted by Crippen LogP contribution is 2.26. The number of carbonyl (C=O) groups excluding carboxylic acids is 2. The third kappa shape index (κ3) is 5.00. The molecule has 26 heavy (non-hydrogen) atoms. The first-order valence-corrected chi connectivity index (χ1v) is 7.89. The Kier molecular flexibility index (Phi) is 6.20. The molecule has 1 aromatic carbocycles. The van der Waals surface area contributed by atoms with Crippen LogP contribution in [0.4, 0.5) is 5.69 Å². The lowest BCUT2D eigenvalue weighted by molar-refractivity contribution is -0.136. The first-order valence-electron chi connectivity index (χ1n) is 7.89. The van der Waals surface area contributed by atoms with Crippen LogP contribution in [0.2, 0.25) is 0 Å². The van der Waals surface area contributed by atoms with E-state index < -0.39 is 17.8 Å². The van der Waals surface area contributed by atoms with Crippen LogP contribution in [-0.4, -0.2) is 40.3 Å². The molecule has 2 rings (SSSR count). The number of nitrogens with one attached hydrogen (secondary N) is 3. The zero-order valence-electron chi connectivity index (χ0n) is 13.9. The Morgan fingerprint density at radius 1 is 1.15 bits per heavy atom. The Morgan fingerprint density at radius 2 is 1.88 bits per heavy atom. The third-order valence-corrected chi connectivity index (χ3v) is 3.53. The lowest BCUT2D eigenvalue weighted by atomic mass is 10.1. The van der Waals surface area contributed by atoms with Gasteiger partial charge in [-0.05, 0) is 6.07 Å². The maximum atomic E-state index is 12.4. The molecule has 6 N–H and O–H groups in total. The van der Waals surface area contributed by atoms with E-state index >= 15 is 0 Å². The number of carboxylic acid groups (broad SMARTS) is 1. The number of hydrogen-bond donors (Lipinski definition) is 5. The van der Waals surface area contributed by atoms with E-state index in [1.54, 1.807) is 24.3 Å². The number of aromatic nitrogens is 1. The summed E-state index contributed by atoms with van der Waals surface area (Å²) in [4.78, 5) is 39.3. The molecular weight excluding hydrogens is 338 g/mol. The highest BCUT2D eigenvalue weighted by Gasteiger charge is 2.17. The molecule has 0 aliphatic rings. The van der Waals surface area contributed by atoms with Crippen LogP contribution in [0, 0.1) is 5.41 Å². The average Bonchev–Trinajstić information content (AvgIpc) is 2.59. The van der Waals surface area contributed by atoms with E-state index in [-0.39, 0.29) is 42.9 Å². The lowest BCUT2D eigenvalue weighted by Crippen LogP contribution is -2.28. The van der Waals surface area contributed by atoms with E-state index in [1.165, 1.54) is 6.20 Å². The van der Waals surface area contributed by atoms with Crippen molar-refractivity contribution in [3.63, 3.8) is 0 Å². The van der Waals surface area contributed by atoms with Gasteiger partial charge in [-0.3, -0.25) is 24.8 Å². The van der Waals surface area contributed by atoms with E-state index in [4.69, 9.17) is 16.2 Å². The number of anilines is 1. The van der Waals surface area contributed by atoms with Gasteiger partial charge in [0.2, 0.25) is 5.91 Å². The van der Waals surface area contributed by atoms with Crippen molar-refractivity contribution in [1.82, 2.24) is 10.3 Å². The van der Waals surface area contributed by atoms with Crippen LogP contribution in [0.25, 0.3) is 10.9 Å². The van der Waals surface area contributed by atoms with Crippen LogP contribution in [0.1, 0.15) is 29.6 Å². The van der Waals surface area contributed by atoms with Crippen molar-refractivity contribution in [3.8, 4) is 0 Å². The molecule has 0 fully saturated rings. The summed E-state index contributed by atoms with van der Waals surface area (Å²) in [5.74, 6) is -2.06. The minimum Gasteiger partial charge on any atom is -0.481 e. The van der Waals surface area contributed by atoms with E-state index in [0.29, 0.717) is 10.9 Å². The number of carboxylic acids is 1. The number of fused-ring (bicyclic) bond motifs is 1. The maximum Gasteiger partial charge on any atom is 0.305 e. The van der Waals surface area contributed by atoms with Gasteiger partial charge in [-0.1, -0.05) is 18.2 Å². The molecule has 2 amide bonds. The number of pyridine rings is 1. The average molecular weight is 357 g/mol. The fourth-order valence-corrected chi connectivity index (χ4v) is 2.28. The number of para-hydroxylation sites is 1. The van der Waals surface area contributed by atoms with Gasteiger partial charge in [0.15, 0.2) is 0 Å². The zero-order chi connectivity index (χ0) is 19.1. The van der Waals surface area contributed by atoms with Gasteiger partial charge in [0.1, 0.15) is 0 Å². The summed E-state index contributed by atoms with van der Waals surface area (Å²) >= 11 is 0. The molecule has 1 aromatic heterocycles. The third-order valence-electron chi connectivity index (χ3n) is 3.53. The monoisotopic (exact) mass is 357 g/mol. The molecule has 9 heteroatoms. The normalized spacial score (nSPS) is 10.3. The summed E-state index contributed by atoms with van der Waals surface area (Å²) in [7, 11) is 0. The van der Waals surface area contributed by atoms with Crippen molar-refractivity contribution in [1.29, 1.82) is 5.41 Å². The maximum absolute atomic E-state index is 12.4. The fourth-order valence-electron chi connectivity index (χ4n) is 2.28. The number of hydrogen-bond acceptors (Lipinski definition) is 5. The van der Waals surface area contributed by atoms with E-state index in [0.717, 1.165) is 0 Å². The van der Waals surface area contributed by atoms with Crippen molar-refractivity contribution < 1.29 is 19.5 Å². The summed E-state index contributed by atoms with van der Waals surface area (Å²) in [5.41, 5.74) is 6.28. The predicted octanol–water partition coefficient (Wildman–Crippen LogP) is 1.09. The van der Waals surface area contributed by atoms with Gasteiger partial charge in [-0.2, -0.15) is 0 Å². The lowest BCUT2D eigenvalue weighted by Gasteiger charge is -2.13. The molecule has 0 atom stereocenters. The Morgan fingerprint density at radius 3 is 2.58 bits per heavy atom. The minimum atomic E-state index is -1.03. The largest absolute Gasteiger partial charge is 0.481 e. The van der Waals surface area contributed by atoms with Crippen LogP contribution >= 0.6 is 0 Å². The molecule has 1 heterocycles. The Bertz CT molecular complexity index is 865. The van der Waals surface area contributed by atoms with Crippen LogP contribution in [0.15, 0.2) is 30.5 Å². The second-order valence-electron chi connectivity index (χ2n) is 5.54. The van der Waals surface area contributed by atoms with Gasteiger partial charge < -0.3 is 21.5 Å². The number of rotatable bonds is 8. The first kappa shape index (κ1) is 18.8.